The molecule has 0 bridgehead atoms. The molecule has 1 aromatic rings. The number of nitrogens with one attached hydrogen (secondary N) is 1. The maximum atomic E-state index is 12.3. The molecule has 1 amide bonds. The number of nitrogens with zero attached hydrogens (tertiary/aromatic N) is 1. The summed E-state index contributed by atoms with van der Waals surface area (Å²) in [7, 11) is 0. The van der Waals surface area contributed by atoms with Gasteiger partial charge in [-0.25, -0.2) is 5.48 Å². The normalized spacial score (nSPS) is 19.5. The lowest BCUT2D eigenvalue weighted by atomic mass is 10.0. The summed E-state index contributed by atoms with van der Waals surface area (Å²) in [6.07, 6.45) is 0.628. The Balaban J connectivity index is 2.00. The summed E-state index contributed by atoms with van der Waals surface area (Å²) in [5.74, 6) is -0.489. The van der Waals surface area contributed by atoms with Gasteiger partial charge >= 0.3 is 5.51 Å². The van der Waals surface area contributed by atoms with Crippen molar-refractivity contribution in [3.05, 3.63) is 29.8 Å². The van der Waals surface area contributed by atoms with Gasteiger partial charge in [-0.05, 0) is 35.9 Å². The second-order valence-electron chi connectivity index (χ2n) is 4.45. The van der Waals surface area contributed by atoms with Crippen LogP contribution >= 0.6 is 11.8 Å². The number of carbonyl (C=O) groups excluding carboxylic acids is 1. The third kappa shape index (κ3) is 3.87. The van der Waals surface area contributed by atoms with Crippen LogP contribution in [0.4, 0.5) is 13.2 Å². The van der Waals surface area contributed by atoms with Gasteiger partial charge in [0.15, 0.2) is 0 Å². The van der Waals surface area contributed by atoms with Crippen LogP contribution in [0.5, 0.6) is 0 Å². The van der Waals surface area contributed by atoms with Crippen LogP contribution in [-0.2, 0) is 11.3 Å². The van der Waals surface area contributed by atoms with E-state index in [-0.39, 0.29) is 16.7 Å². The van der Waals surface area contributed by atoms with Crippen LogP contribution in [0, 0.1) is 0 Å². The summed E-state index contributed by atoms with van der Waals surface area (Å²) >= 11 is -0.159. The van der Waals surface area contributed by atoms with Crippen molar-refractivity contribution in [3.63, 3.8) is 0 Å². The molecule has 0 spiro atoms. The Morgan fingerprint density at radius 2 is 2.25 bits per heavy atom. The fourth-order valence-electron chi connectivity index (χ4n) is 2.08. The van der Waals surface area contributed by atoms with E-state index >= 15 is 0 Å². The van der Waals surface area contributed by atoms with E-state index in [1.807, 2.05) is 0 Å². The fourth-order valence-corrected chi connectivity index (χ4v) is 2.70. The Labute approximate surface area is 117 Å². The lowest BCUT2D eigenvalue weighted by molar-refractivity contribution is -0.139. The minimum absolute atomic E-state index is 0.124. The van der Waals surface area contributed by atoms with Crippen molar-refractivity contribution in [1.82, 2.24) is 10.4 Å². The third-order valence-electron chi connectivity index (χ3n) is 3.06. The van der Waals surface area contributed by atoms with Crippen molar-refractivity contribution >= 4 is 17.7 Å². The molecule has 1 aromatic carbocycles. The number of thioether (sulfide) groups is 1. The van der Waals surface area contributed by atoms with Crippen molar-refractivity contribution in [2.24, 2.45) is 0 Å². The van der Waals surface area contributed by atoms with Crippen molar-refractivity contribution in [2.75, 3.05) is 6.54 Å². The number of likely N-dealkylation sites (tertiary alicyclic amines) is 1. The molecule has 1 heterocycles. The highest BCUT2D eigenvalue weighted by atomic mass is 32.2. The van der Waals surface area contributed by atoms with Gasteiger partial charge in [-0.2, -0.15) is 13.2 Å². The van der Waals surface area contributed by atoms with E-state index < -0.39 is 17.5 Å². The highest BCUT2D eigenvalue weighted by Crippen LogP contribution is 2.37. The molecule has 0 saturated carbocycles. The van der Waals surface area contributed by atoms with Crippen LogP contribution in [0.15, 0.2) is 29.2 Å². The average molecular weight is 306 g/mol. The van der Waals surface area contributed by atoms with Crippen LogP contribution < -0.4 is 5.48 Å². The summed E-state index contributed by atoms with van der Waals surface area (Å²) < 4.78 is 36.9. The SMILES string of the molecule is O=C(NO)[C@H]1CCN1Cc1cccc(SC(F)(F)F)c1. The van der Waals surface area contributed by atoms with Crippen LogP contribution in [0.1, 0.15) is 12.0 Å². The minimum Gasteiger partial charge on any atom is -0.289 e. The monoisotopic (exact) mass is 306 g/mol. The van der Waals surface area contributed by atoms with Crippen molar-refractivity contribution in [3.8, 4) is 0 Å². The summed E-state index contributed by atoms with van der Waals surface area (Å²) in [5.41, 5.74) is -2.02. The van der Waals surface area contributed by atoms with E-state index in [1.165, 1.54) is 12.1 Å². The van der Waals surface area contributed by atoms with E-state index in [9.17, 15) is 18.0 Å². The average Bonchev–Trinajstić information content (AvgIpc) is 2.33. The highest BCUT2D eigenvalue weighted by Gasteiger charge is 2.34. The Morgan fingerprint density at radius 3 is 2.80 bits per heavy atom. The molecule has 4 nitrogen and oxygen atoms in total. The molecule has 20 heavy (non-hydrogen) atoms. The number of benzene rings is 1. The first-order valence-electron chi connectivity index (χ1n) is 5.92. The van der Waals surface area contributed by atoms with Crippen molar-refractivity contribution in [1.29, 1.82) is 0 Å². The zero-order valence-electron chi connectivity index (χ0n) is 10.4. The molecular formula is C12H13F3N2O2S. The molecule has 2 N–H and O–H groups in total. The van der Waals surface area contributed by atoms with Gasteiger partial charge in [-0.1, -0.05) is 12.1 Å². The van der Waals surface area contributed by atoms with Gasteiger partial charge < -0.3 is 0 Å². The molecule has 0 aromatic heterocycles. The largest absolute Gasteiger partial charge is 0.446 e. The molecule has 1 saturated heterocycles. The van der Waals surface area contributed by atoms with Gasteiger partial charge in [-0.15, -0.1) is 0 Å². The molecule has 1 aliphatic heterocycles. The lowest BCUT2D eigenvalue weighted by Crippen LogP contribution is -2.54. The molecule has 1 aliphatic rings. The molecule has 2 rings (SSSR count). The molecule has 1 atom stereocenters. The Bertz CT molecular complexity index is 496. The number of alkyl halides is 3. The number of halogens is 3. The van der Waals surface area contributed by atoms with Gasteiger partial charge in [-0.3, -0.25) is 14.9 Å². The van der Waals surface area contributed by atoms with E-state index in [2.05, 4.69) is 0 Å². The summed E-state index contributed by atoms with van der Waals surface area (Å²) in [6, 6.07) is 5.72. The number of hydroxylamine groups is 1. The zero-order valence-corrected chi connectivity index (χ0v) is 11.2. The van der Waals surface area contributed by atoms with Crippen LogP contribution in [0.3, 0.4) is 0 Å². The number of amides is 1. The number of rotatable bonds is 4. The predicted octanol–water partition coefficient (Wildman–Crippen LogP) is 2.38. The standard InChI is InChI=1S/C12H13F3N2O2S/c13-12(14,15)20-9-3-1-2-8(6-9)7-17-5-4-10(17)11(18)16-19/h1-3,6,10,19H,4-5,7H2,(H,16,18)/t10-/m1/s1. The van der Waals surface area contributed by atoms with E-state index in [4.69, 9.17) is 5.21 Å². The number of carbonyl (C=O) groups is 1. The molecule has 1 fully saturated rings. The summed E-state index contributed by atoms with van der Waals surface area (Å²) in [5, 5.41) is 8.57. The zero-order chi connectivity index (χ0) is 14.8. The maximum absolute atomic E-state index is 12.3. The molecule has 0 aliphatic carbocycles. The lowest BCUT2D eigenvalue weighted by Gasteiger charge is -2.39. The van der Waals surface area contributed by atoms with E-state index in [0.29, 0.717) is 25.1 Å². The van der Waals surface area contributed by atoms with Crippen LogP contribution in [0.25, 0.3) is 0 Å². The smallest absolute Gasteiger partial charge is 0.289 e. The van der Waals surface area contributed by atoms with Crippen molar-refractivity contribution < 1.29 is 23.2 Å². The topological polar surface area (TPSA) is 52.6 Å². The predicted molar refractivity (Wildman–Crippen MR) is 67.1 cm³/mol. The second kappa shape index (κ2) is 6.02. The number of hydrogen-bond donors (Lipinski definition) is 2. The first-order chi connectivity index (χ1) is 9.39. The minimum atomic E-state index is -4.31. The molecule has 8 heteroatoms. The van der Waals surface area contributed by atoms with Gasteiger partial charge in [0.1, 0.15) is 0 Å². The first-order valence-corrected chi connectivity index (χ1v) is 6.73. The number of hydrogen-bond acceptors (Lipinski definition) is 4. The van der Waals surface area contributed by atoms with Crippen molar-refractivity contribution in [2.45, 2.75) is 29.4 Å². The summed E-state index contributed by atoms with van der Waals surface area (Å²) in [4.78, 5) is 13.2. The quantitative estimate of drug-likeness (QED) is 0.509. The molecule has 0 radical (unpaired) electrons. The van der Waals surface area contributed by atoms with Gasteiger partial charge in [0.2, 0.25) is 0 Å². The van der Waals surface area contributed by atoms with Crippen LogP contribution in [-0.4, -0.2) is 34.1 Å². The third-order valence-corrected chi connectivity index (χ3v) is 3.78. The van der Waals surface area contributed by atoms with Gasteiger partial charge in [0, 0.05) is 18.0 Å². The van der Waals surface area contributed by atoms with E-state index in [1.54, 1.807) is 22.5 Å². The highest BCUT2D eigenvalue weighted by molar-refractivity contribution is 8.00. The Kier molecular flexibility index (Phi) is 4.56. The van der Waals surface area contributed by atoms with Gasteiger partial charge in [0.25, 0.3) is 5.91 Å². The first kappa shape index (κ1) is 15.1. The van der Waals surface area contributed by atoms with Crippen LogP contribution in [0.2, 0.25) is 0 Å². The molecular weight excluding hydrogens is 293 g/mol. The molecule has 110 valence electrons. The summed E-state index contributed by atoms with van der Waals surface area (Å²) in [6.45, 7) is 1.05. The maximum Gasteiger partial charge on any atom is 0.446 e. The van der Waals surface area contributed by atoms with Gasteiger partial charge in [0.05, 0.1) is 6.04 Å². The van der Waals surface area contributed by atoms with E-state index in [0.717, 1.165) is 0 Å². The fraction of sp³-hybridized carbons (Fsp3) is 0.417. The Morgan fingerprint density at radius 1 is 1.50 bits per heavy atom. The molecule has 0 unspecified atom stereocenters. The second-order valence-corrected chi connectivity index (χ2v) is 5.58. The Hall–Kier alpha value is -1.25.